The van der Waals surface area contributed by atoms with E-state index in [1.54, 1.807) is 23.1 Å². The third-order valence-corrected chi connectivity index (χ3v) is 4.03. The fourth-order valence-corrected chi connectivity index (χ4v) is 2.85. The third-order valence-electron chi connectivity index (χ3n) is 3.79. The van der Waals surface area contributed by atoms with E-state index in [-0.39, 0.29) is 11.8 Å². The number of nitriles is 1. The zero-order valence-corrected chi connectivity index (χ0v) is 13.1. The quantitative estimate of drug-likeness (QED) is 0.871. The maximum Gasteiger partial charge on any atom is 0.231 e. The minimum absolute atomic E-state index is 0.136. The summed E-state index contributed by atoms with van der Waals surface area (Å²) in [6, 6.07) is 8.91. The van der Waals surface area contributed by atoms with Crippen molar-refractivity contribution in [3.8, 4) is 17.5 Å². The largest absolute Gasteiger partial charge is 0.338 e. The Kier molecular flexibility index (Phi) is 4.49. The van der Waals surface area contributed by atoms with Crippen molar-refractivity contribution >= 4 is 23.4 Å². The average Bonchev–Trinajstić information content (AvgIpc) is 3.16. The highest BCUT2D eigenvalue weighted by atomic mass is 35.5. The smallest absolute Gasteiger partial charge is 0.231 e. The van der Waals surface area contributed by atoms with Crippen LogP contribution < -0.4 is 5.32 Å². The molecule has 0 radical (unpaired) electrons. The van der Waals surface area contributed by atoms with Gasteiger partial charge in [0.25, 0.3) is 0 Å². The Hall–Kier alpha value is -2.52. The lowest BCUT2D eigenvalue weighted by atomic mass is 10.0. The molecule has 7 heteroatoms. The molecule has 1 fully saturated rings. The Morgan fingerprint density at radius 2 is 2.39 bits per heavy atom. The monoisotopic (exact) mass is 330 g/mol. The van der Waals surface area contributed by atoms with Gasteiger partial charge in [-0.1, -0.05) is 28.9 Å². The van der Waals surface area contributed by atoms with Crippen LogP contribution in [0.3, 0.4) is 0 Å². The van der Waals surface area contributed by atoms with Gasteiger partial charge in [0.1, 0.15) is 5.69 Å². The number of carbonyl (C=O) groups is 1. The molecule has 3 rings (SSSR count). The Bertz CT molecular complexity index is 753. The van der Waals surface area contributed by atoms with E-state index >= 15 is 0 Å². The molecular formula is C16H15ClN4O2. The lowest BCUT2D eigenvalue weighted by Gasteiger charge is -2.08. The molecule has 23 heavy (non-hydrogen) atoms. The van der Waals surface area contributed by atoms with E-state index in [1.165, 1.54) is 0 Å². The molecule has 1 amide bonds. The first kappa shape index (κ1) is 15.4. The Morgan fingerprint density at radius 1 is 1.52 bits per heavy atom. The summed E-state index contributed by atoms with van der Waals surface area (Å²) < 4.78 is 5.15. The second-order valence-electron chi connectivity index (χ2n) is 5.54. The van der Waals surface area contributed by atoms with Gasteiger partial charge in [-0.05, 0) is 24.5 Å². The number of carbonyl (C=O) groups excluding carboxylic acids is 1. The number of hydrogen-bond donors (Lipinski definition) is 1. The van der Waals surface area contributed by atoms with Crippen LogP contribution in [0.1, 0.15) is 12.8 Å². The fraction of sp³-hybridized carbons (Fsp3) is 0.312. The van der Waals surface area contributed by atoms with E-state index in [4.69, 9.17) is 21.4 Å². The van der Waals surface area contributed by atoms with Crippen LogP contribution in [0, 0.1) is 17.4 Å². The molecular weight excluding hydrogens is 316 g/mol. The summed E-state index contributed by atoms with van der Waals surface area (Å²) in [5.74, 6) is 0.369. The molecule has 1 aromatic heterocycles. The first-order valence-corrected chi connectivity index (χ1v) is 7.69. The van der Waals surface area contributed by atoms with Crippen molar-refractivity contribution < 1.29 is 9.32 Å². The molecule has 0 unspecified atom stereocenters. The van der Waals surface area contributed by atoms with Gasteiger partial charge < -0.3 is 9.42 Å². The van der Waals surface area contributed by atoms with Crippen molar-refractivity contribution in [3.63, 3.8) is 0 Å². The Balaban J connectivity index is 1.59. The van der Waals surface area contributed by atoms with Gasteiger partial charge in [0.15, 0.2) is 6.19 Å². The predicted molar refractivity (Wildman–Crippen MR) is 85.5 cm³/mol. The fourth-order valence-electron chi connectivity index (χ4n) is 2.66. The predicted octanol–water partition coefficient (Wildman–Crippen LogP) is 3.13. The van der Waals surface area contributed by atoms with E-state index in [9.17, 15) is 4.79 Å². The van der Waals surface area contributed by atoms with Gasteiger partial charge in [0.2, 0.25) is 11.8 Å². The van der Waals surface area contributed by atoms with Crippen molar-refractivity contribution in [3.05, 3.63) is 35.4 Å². The number of nitrogens with one attached hydrogen (secondary N) is 1. The minimum Gasteiger partial charge on any atom is -0.338 e. The molecule has 1 aromatic carbocycles. The summed E-state index contributed by atoms with van der Waals surface area (Å²) in [5.41, 5.74) is 1.43. The molecule has 0 bridgehead atoms. The van der Waals surface area contributed by atoms with Gasteiger partial charge >= 0.3 is 0 Å². The second-order valence-corrected chi connectivity index (χ2v) is 5.98. The second kappa shape index (κ2) is 6.71. The Labute approximate surface area is 138 Å². The van der Waals surface area contributed by atoms with E-state index in [1.807, 2.05) is 12.1 Å². The normalized spacial score (nSPS) is 17.0. The first-order chi connectivity index (χ1) is 11.1. The van der Waals surface area contributed by atoms with Gasteiger partial charge in [-0.2, -0.15) is 5.26 Å². The zero-order valence-electron chi connectivity index (χ0n) is 12.3. The highest BCUT2D eigenvalue weighted by molar-refractivity contribution is 6.30. The topological polar surface area (TPSA) is 82.2 Å². The first-order valence-electron chi connectivity index (χ1n) is 7.31. The van der Waals surface area contributed by atoms with Crippen LogP contribution in [0.25, 0.3) is 11.3 Å². The molecule has 118 valence electrons. The average molecular weight is 331 g/mol. The molecule has 1 aliphatic heterocycles. The van der Waals surface area contributed by atoms with Crippen LogP contribution in [0.4, 0.5) is 5.88 Å². The van der Waals surface area contributed by atoms with Crippen LogP contribution in [0.2, 0.25) is 5.02 Å². The minimum atomic E-state index is -0.136. The summed E-state index contributed by atoms with van der Waals surface area (Å²) in [6.45, 7) is 1.35. The van der Waals surface area contributed by atoms with Crippen LogP contribution in [-0.4, -0.2) is 29.1 Å². The number of halogens is 1. The highest BCUT2D eigenvalue weighted by Crippen LogP contribution is 2.25. The van der Waals surface area contributed by atoms with Crippen LogP contribution in [0.15, 0.2) is 34.9 Å². The zero-order chi connectivity index (χ0) is 16.2. The lowest BCUT2D eigenvalue weighted by molar-refractivity contribution is -0.117. The summed E-state index contributed by atoms with van der Waals surface area (Å²) >= 11 is 5.95. The highest BCUT2D eigenvalue weighted by Gasteiger charge is 2.24. The molecule has 1 atom stereocenters. The van der Waals surface area contributed by atoms with E-state index in [0.717, 1.165) is 18.5 Å². The van der Waals surface area contributed by atoms with Crippen LogP contribution in [-0.2, 0) is 4.79 Å². The van der Waals surface area contributed by atoms with Gasteiger partial charge in [-0.25, -0.2) is 0 Å². The summed E-state index contributed by atoms with van der Waals surface area (Å²) in [4.78, 5) is 13.7. The number of anilines is 1. The van der Waals surface area contributed by atoms with Crippen molar-refractivity contribution in [2.45, 2.75) is 12.8 Å². The Morgan fingerprint density at radius 3 is 3.13 bits per heavy atom. The molecule has 0 spiro atoms. The number of aromatic nitrogens is 1. The van der Waals surface area contributed by atoms with E-state index in [0.29, 0.717) is 29.6 Å². The third kappa shape index (κ3) is 3.82. The van der Waals surface area contributed by atoms with Gasteiger partial charge in [-0.15, -0.1) is 0 Å². The summed E-state index contributed by atoms with van der Waals surface area (Å²) in [5, 5.41) is 16.1. The van der Waals surface area contributed by atoms with Crippen LogP contribution >= 0.6 is 11.6 Å². The number of rotatable bonds is 4. The molecule has 2 heterocycles. The number of amides is 1. The molecule has 0 aliphatic carbocycles. The molecule has 2 aromatic rings. The van der Waals surface area contributed by atoms with E-state index in [2.05, 4.69) is 16.7 Å². The van der Waals surface area contributed by atoms with Crippen molar-refractivity contribution in [1.82, 2.24) is 10.1 Å². The van der Waals surface area contributed by atoms with Crippen molar-refractivity contribution in [2.75, 3.05) is 18.4 Å². The van der Waals surface area contributed by atoms with Crippen LogP contribution in [0.5, 0.6) is 0 Å². The number of nitrogens with zero attached hydrogens (tertiary/aromatic N) is 3. The van der Waals surface area contributed by atoms with Gasteiger partial charge in [-0.3, -0.25) is 10.1 Å². The molecule has 1 saturated heterocycles. The lowest BCUT2D eigenvalue weighted by Crippen LogP contribution is -2.19. The summed E-state index contributed by atoms with van der Waals surface area (Å²) in [6.07, 6.45) is 3.32. The number of benzene rings is 1. The summed E-state index contributed by atoms with van der Waals surface area (Å²) in [7, 11) is 0. The van der Waals surface area contributed by atoms with Gasteiger partial charge in [0.05, 0.1) is 0 Å². The molecule has 6 nitrogen and oxygen atoms in total. The maximum atomic E-state index is 12.0. The van der Waals surface area contributed by atoms with E-state index < -0.39 is 0 Å². The molecule has 0 saturated carbocycles. The van der Waals surface area contributed by atoms with Crippen molar-refractivity contribution in [2.24, 2.45) is 5.92 Å². The molecule has 1 aliphatic rings. The number of hydrogen-bond acceptors (Lipinski definition) is 5. The number of likely N-dealkylation sites (tertiary alicyclic amines) is 1. The van der Waals surface area contributed by atoms with Crippen molar-refractivity contribution in [1.29, 1.82) is 5.26 Å². The molecule has 1 N–H and O–H groups in total. The van der Waals surface area contributed by atoms with Gasteiger partial charge in [0, 0.05) is 36.2 Å². The standard InChI is InChI=1S/C16H15ClN4O2/c17-13-3-1-2-12(7-13)14-8-16(23-20-14)19-15(22)6-11-4-5-21(9-11)10-18/h1-3,7-8,11H,4-6,9H2,(H,19,22)/t11-/m1/s1. The SMILES string of the molecule is N#CN1CC[C@H](CC(=O)Nc2cc(-c3cccc(Cl)c3)no2)C1. The maximum absolute atomic E-state index is 12.0.